The van der Waals surface area contributed by atoms with E-state index in [1.165, 1.54) is 9.30 Å². The molecule has 1 fully saturated rings. The molecule has 2 heterocycles. The van der Waals surface area contributed by atoms with Crippen LogP contribution in [0.4, 0.5) is 0 Å². The second-order valence-electron chi connectivity index (χ2n) is 4.48. The van der Waals surface area contributed by atoms with Gasteiger partial charge in [-0.05, 0) is 61.8 Å². The fraction of sp³-hybridized carbons (Fsp3) is 0.583. The van der Waals surface area contributed by atoms with Gasteiger partial charge in [-0.25, -0.2) is 0 Å². The van der Waals surface area contributed by atoms with Crippen LogP contribution in [0.5, 0.6) is 0 Å². The summed E-state index contributed by atoms with van der Waals surface area (Å²) in [4.78, 5) is 14.4. The van der Waals surface area contributed by atoms with Crippen molar-refractivity contribution in [3.8, 4) is 0 Å². The number of hydrogen-bond donors (Lipinski definition) is 0. The Bertz CT molecular complexity index is 380. The second kappa shape index (κ2) is 5.04. The fourth-order valence-corrected chi connectivity index (χ4v) is 3.71. The van der Waals surface area contributed by atoms with E-state index in [1.807, 2.05) is 11.4 Å². The highest BCUT2D eigenvalue weighted by atomic mass is 127. The first-order valence-corrected chi connectivity index (χ1v) is 7.62. The molecule has 1 aliphatic heterocycles. The molecule has 2 atom stereocenters. The third-order valence-electron chi connectivity index (χ3n) is 3.24. The van der Waals surface area contributed by atoms with Crippen molar-refractivity contribution < 1.29 is 4.79 Å². The largest absolute Gasteiger partial charge is 0.333 e. The molecule has 1 aromatic rings. The van der Waals surface area contributed by atoms with Gasteiger partial charge in [0.25, 0.3) is 5.91 Å². The highest BCUT2D eigenvalue weighted by Crippen LogP contribution is 2.26. The molecule has 16 heavy (non-hydrogen) atoms. The van der Waals surface area contributed by atoms with Crippen LogP contribution in [0.25, 0.3) is 0 Å². The molecule has 1 aromatic heterocycles. The topological polar surface area (TPSA) is 20.3 Å². The Balaban J connectivity index is 2.19. The highest BCUT2D eigenvalue weighted by Gasteiger charge is 2.29. The quantitative estimate of drug-likeness (QED) is 0.707. The molecule has 4 heteroatoms. The second-order valence-corrected chi connectivity index (χ2v) is 7.29. The van der Waals surface area contributed by atoms with Gasteiger partial charge in [0.1, 0.15) is 0 Å². The normalized spacial score (nSPS) is 25.8. The van der Waals surface area contributed by atoms with E-state index in [0.29, 0.717) is 12.1 Å². The molecular formula is C12H16INOS. The molecule has 2 rings (SSSR count). The standard InChI is InChI=1S/C12H16INOS/c1-8-4-3-5-9(2)14(8)12(15)10-6-11(13)16-7-10/h6-9H,3-5H2,1-2H3/t8-,9+. The lowest BCUT2D eigenvalue weighted by Crippen LogP contribution is -2.47. The van der Waals surface area contributed by atoms with Crippen LogP contribution in [-0.2, 0) is 0 Å². The third-order valence-corrected chi connectivity index (χ3v) is 5.03. The maximum absolute atomic E-state index is 12.4. The van der Waals surface area contributed by atoms with Gasteiger partial charge >= 0.3 is 0 Å². The lowest BCUT2D eigenvalue weighted by molar-refractivity contribution is 0.0511. The molecule has 0 spiro atoms. The van der Waals surface area contributed by atoms with Crippen molar-refractivity contribution in [2.75, 3.05) is 0 Å². The van der Waals surface area contributed by atoms with Crippen LogP contribution in [0.3, 0.4) is 0 Å². The van der Waals surface area contributed by atoms with Crippen LogP contribution in [0, 0.1) is 2.88 Å². The molecule has 0 radical (unpaired) electrons. The van der Waals surface area contributed by atoms with Gasteiger partial charge in [-0.15, -0.1) is 11.3 Å². The number of piperidine rings is 1. The molecule has 0 aromatic carbocycles. The van der Waals surface area contributed by atoms with E-state index in [0.717, 1.165) is 18.4 Å². The molecule has 2 nitrogen and oxygen atoms in total. The van der Waals surface area contributed by atoms with E-state index >= 15 is 0 Å². The first-order valence-electron chi connectivity index (χ1n) is 5.66. The molecule has 0 bridgehead atoms. The molecule has 0 unspecified atom stereocenters. The monoisotopic (exact) mass is 349 g/mol. The van der Waals surface area contributed by atoms with E-state index in [9.17, 15) is 4.79 Å². The lowest BCUT2D eigenvalue weighted by Gasteiger charge is -2.38. The number of thiophene rings is 1. The summed E-state index contributed by atoms with van der Waals surface area (Å²) in [5.41, 5.74) is 0.856. The van der Waals surface area contributed by atoms with Crippen LogP contribution in [0.1, 0.15) is 43.5 Å². The van der Waals surface area contributed by atoms with E-state index in [4.69, 9.17) is 0 Å². The molecule has 0 aliphatic carbocycles. The molecule has 1 saturated heterocycles. The van der Waals surface area contributed by atoms with Gasteiger partial charge in [0, 0.05) is 17.5 Å². The van der Waals surface area contributed by atoms with E-state index in [-0.39, 0.29) is 5.91 Å². The van der Waals surface area contributed by atoms with Crippen LogP contribution in [-0.4, -0.2) is 22.9 Å². The van der Waals surface area contributed by atoms with Gasteiger partial charge in [0.05, 0.1) is 8.45 Å². The first-order chi connectivity index (χ1) is 7.59. The minimum atomic E-state index is 0.207. The minimum absolute atomic E-state index is 0.207. The smallest absolute Gasteiger partial charge is 0.255 e. The first kappa shape index (κ1) is 12.4. The Morgan fingerprint density at radius 2 is 2.06 bits per heavy atom. The van der Waals surface area contributed by atoms with E-state index < -0.39 is 0 Å². The minimum Gasteiger partial charge on any atom is -0.333 e. The third kappa shape index (κ3) is 2.42. The molecule has 88 valence electrons. The number of carbonyl (C=O) groups excluding carboxylic acids is 1. The molecule has 0 N–H and O–H groups in total. The molecule has 1 amide bonds. The average Bonchev–Trinajstić information content (AvgIpc) is 2.64. The summed E-state index contributed by atoms with van der Waals surface area (Å²) in [6.45, 7) is 4.32. The van der Waals surface area contributed by atoms with Crippen LogP contribution in [0.15, 0.2) is 11.4 Å². The number of carbonyl (C=O) groups is 1. The van der Waals surface area contributed by atoms with Crippen LogP contribution >= 0.6 is 33.9 Å². The number of halogens is 1. The summed E-state index contributed by atoms with van der Waals surface area (Å²) >= 11 is 3.90. The van der Waals surface area contributed by atoms with Gasteiger partial charge < -0.3 is 4.90 Å². The van der Waals surface area contributed by atoms with Crippen molar-refractivity contribution in [3.63, 3.8) is 0 Å². The number of rotatable bonds is 1. The number of hydrogen-bond acceptors (Lipinski definition) is 2. The summed E-state index contributed by atoms with van der Waals surface area (Å²) in [6.07, 6.45) is 3.52. The Kier molecular flexibility index (Phi) is 3.89. The summed E-state index contributed by atoms with van der Waals surface area (Å²) in [5.74, 6) is 0.207. The lowest BCUT2D eigenvalue weighted by atomic mass is 9.97. The maximum Gasteiger partial charge on any atom is 0.255 e. The molecular weight excluding hydrogens is 333 g/mol. The van der Waals surface area contributed by atoms with Gasteiger partial charge in [0.2, 0.25) is 0 Å². The molecule has 0 saturated carbocycles. The predicted octanol–water partition coefficient (Wildman–Crippen LogP) is 3.76. The Hall–Kier alpha value is -0.100. The number of likely N-dealkylation sites (tertiary alicyclic amines) is 1. The SMILES string of the molecule is C[C@@H]1CCC[C@H](C)N1C(=O)c1csc(I)c1. The maximum atomic E-state index is 12.4. The predicted molar refractivity (Wildman–Crippen MR) is 76.0 cm³/mol. The van der Waals surface area contributed by atoms with Crippen molar-refractivity contribution in [2.45, 2.75) is 45.2 Å². The van der Waals surface area contributed by atoms with Crippen molar-refractivity contribution in [2.24, 2.45) is 0 Å². The van der Waals surface area contributed by atoms with Crippen LogP contribution < -0.4 is 0 Å². The zero-order chi connectivity index (χ0) is 11.7. The Labute approximate surface area is 114 Å². The highest BCUT2D eigenvalue weighted by molar-refractivity contribution is 14.1. The summed E-state index contributed by atoms with van der Waals surface area (Å²) < 4.78 is 1.18. The van der Waals surface area contributed by atoms with Gasteiger partial charge in [0.15, 0.2) is 0 Å². The summed E-state index contributed by atoms with van der Waals surface area (Å²) in [6, 6.07) is 2.75. The summed E-state index contributed by atoms with van der Waals surface area (Å²) in [7, 11) is 0. The molecule has 1 aliphatic rings. The number of amides is 1. The van der Waals surface area contributed by atoms with Gasteiger partial charge in [-0.3, -0.25) is 4.79 Å². The Morgan fingerprint density at radius 3 is 2.56 bits per heavy atom. The zero-order valence-electron chi connectivity index (χ0n) is 9.57. The van der Waals surface area contributed by atoms with Crippen molar-refractivity contribution >= 4 is 39.8 Å². The van der Waals surface area contributed by atoms with Gasteiger partial charge in [-0.2, -0.15) is 0 Å². The fourth-order valence-electron chi connectivity index (χ4n) is 2.39. The van der Waals surface area contributed by atoms with E-state index in [1.54, 1.807) is 11.3 Å². The van der Waals surface area contributed by atoms with Crippen molar-refractivity contribution in [1.29, 1.82) is 0 Å². The van der Waals surface area contributed by atoms with Crippen molar-refractivity contribution in [3.05, 3.63) is 19.9 Å². The zero-order valence-corrected chi connectivity index (χ0v) is 12.5. The average molecular weight is 349 g/mol. The summed E-state index contributed by atoms with van der Waals surface area (Å²) in [5, 5.41) is 1.97. The van der Waals surface area contributed by atoms with E-state index in [2.05, 4.69) is 41.3 Å². The van der Waals surface area contributed by atoms with Crippen LogP contribution in [0.2, 0.25) is 0 Å². The van der Waals surface area contributed by atoms with Crippen molar-refractivity contribution in [1.82, 2.24) is 4.90 Å². The number of nitrogens with zero attached hydrogens (tertiary/aromatic N) is 1. The van der Waals surface area contributed by atoms with Gasteiger partial charge in [-0.1, -0.05) is 0 Å². The Morgan fingerprint density at radius 1 is 1.44 bits per heavy atom.